The first-order valence-electron chi connectivity index (χ1n) is 16.5. The number of alkyl halides is 5. The van der Waals surface area contributed by atoms with E-state index in [1.54, 1.807) is 0 Å². The Kier molecular flexibility index (Phi) is 11.2. The minimum absolute atomic E-state index is 0.168. The van der Waals surface area contributed by atoms with Crippen LogP contribution in [0.4, 0.5) is 39.5 Å². The van der Waals surface area contributed by atoms with E-state index < -0.39 is 71.1 Å². The van der Waals surface area contributed by atoms with E-state index in [9.17, 15) is 26.3 Å². The summed E-state index contributed by atoms with van der Waals surface area (Å²) in [4.78, 5) is 4.60. The van der Waals surface area contributed by atoms with Gasteiger partial charge in [-0.2, -0.15) is 8.78 Å². The summed E-state index contributed by atoms with van der Waals surface area (Å²) in [6.45, 7) is 2.84. The van der Waals surface area contributed by atoms with Crippen LogP contribution in [-0.2, 0) is 0 Å². The summed E-state index contributed by atoms with van der Waals surface area (Å²) in [6, 6.07) is 1.09. The zero-order chi connectivity index (χ0) is 34.6. The van der Waals surface area contributed by atoms with Crippen LogP contribution in [0.1, 0.15) is 77.6 Å². The lowest BCUT2D eigenvalue weighted by Gasteiger charge is -2.34. The SMILES string of the molecule is CCCCCC1CCC(C2=CN=C([C@H]3C=C(F)[C@@H]([C@H]4C=C(F)C(C(F)(F)Oc5ccc(OC(F)(F)F)c(F)c5)=C(F)C4)CC3)NC2)CC1. The molecule has 1 aromatic rings. The van der Waals surface area contributed by atoms with E-state index >= 15 is 13.2 Å². The van der Waals surface area contributed by atoms with Gasteiger partial charge in [0.05, 0.1) is 0 Å². The third kappa shape index (κ3) is 8.80. The number of hydrogen-bond donors (Lipinski definition) is 1. The molecule has 4 aliphatic rings. The van der Waals surface area contributed by atoms with Gasteiger partial charge in [-0.1, -0.05) is 32.6 Å². The third-order valence-corrected chi connectivity index (χ3v) is 9.75. The van der Waals surface area contributed by atoms with Gasteiger partial charge in [-0.25, -0.2) is 22.6 Å². The molecule has 1 heterocycles. The van der Waals surface area contributed by atoms with E-state index in [0.29, 0.717) is 36.9 Å². The van der Waals surface area contributed by atoms with Crippen molar-refractivity contribution >= 4 is 5.84 Å². The summed E-state index contributed by atoms with van der Waals surface area (Å²) < 4.78 is 134. The van der Waals surface area contributed by atoms with Gasteiger partial charge in [-0.3, -0.25) is 0 Å². The molecule has 264 valence electrons. The number of aliphatic imine (C=N–C) groups is 1. The molecule has 4 nitrogen and oxygen atoms in total. The molecular formula is C35H39F9N2O2. The Morgan fingerprint density at radius 3 is 2.25 bits per heavy atom. The van der Waals surface area contributed by atoms with Crippen molar-refractivity contribution in [3.05, 3.63) is 71.0 Å². The van der Waals surface area contributed by atoms with Crippen molar-refractivity contribution in [2.24, 2.45) is 34.6 Å². The monoisotopic (exact) mass is 690 g/mol. The zero-order valence-electron chi connectivity index (χ0n) is 26.5. The molecule has 0 radical (unpaired) electrons. The molecule has 1 N–H and O–H groups in total. The van der Waals surface area contributed by atoms with Crippen LogP contribution in [0.25, 0.3) is 0 Å². The van der Waals surface area contributed by atoms with E-state index in [2.05, 4.69) is 26.7 Å². The Balaban J connectivity index is 1.18. The van der Waals surface area contributed by atoms with Crippen LogP contribution < -0.4 is 14.8 Å². The number of unbranched alkanes of at least 4 members (excludes halogenated alkanes) is 2. The number of hydrogen-bond acceptors (Lipinski definition) is 4. The van der Waals surface area contributed by atoms with E-state index in [4.69, 9.17) is 0 Å². The molecule has 0 amide bonds. The summed E-state index contributed by atoms with van der Waals surface area (Å²) in [7, 11) is 0. The van der Waals surface area contributed by atoms with Gasteiger partial charge in [-0.05, 0) is 86.1 Å². The molecular weight excluding hydrogens is 651 g/mol. The van der Waals surface area contributed by atoms with Crippen molar-refractivity contribution in [1.29, 1.82) is 0 Å². The van der Waals surface area contributed by atoms with Crippen molar-refractivity contribution in [2.45, 2.75) is 90.0 Å². The van der Waals surface area contributed by atoms with Crippen molar-refractivity contribution in [1.82, 2.24) is 5.32 Å². The lowest BCUT2D eigenvalue weighted by atomic mass is 9.75. The largest absolute Gasteiger partial charge is 0.573 e. The molecule has 0 unspecified atom stereocenters. The van der Waals surface area contributed by atoms with Crippen LogP contribution in [0.3, 0.4) is 0 Å². The number of ether oxygens (including phenoxy) is 2. The van der Waals surface area contributed by atoms with E-state index in [0.717, 1.165) is 24.8 Å². The maximum Gasteiger partial charge on any atom is 0.573 e. The molecule has 0 aromatic heterocycles. The van der Waals surface area contributed by atoms with Gasteiger partial charge in [0.2, 0.25) is 0 Å². The Bertz CT molecular complexity index is 1470. The quantitative estimate of drug-likeness (QED) is 0.186. The highest BCUT2D eigenvalue weighted by Crippen LogP contribution is 2.47. The second-order valence-corrected chi connectivity index (χ2v) is 13.0. The van der Waals surface area contributed by atoms with Gasteiger partial charge in [0, 0.05) is 37.1 Å². The van der Waals surface area contributed by atoms with Crippen LogP contribution >= 0.6 is 0 Å². The number of nitrogens with one attached hydrogen (secondary N) is 1. The fraction of sp³-hybridized carbons (Fsp3) is 0.571. The highest BCUT2D eigenvalue weighted by molar-refractivity contribution is 5.87. The van der Waals surface area contributed by atoms with E-state index in [1.807, 2.05) is 6.20 Å². The molecule has 0 bridgehead atoms. The van der Waals surface area contributed by atoms with Crippen molar-refractivity contribution < 1.29 is 49.0 Å². The molecule has 1 saturated carbocycles. The third-order valence-electron chi connectivity index (χ3n) is 9.75. The summed E-state index contributed by atoms with van der Waals surface area (Å²) in [5.74, 6) is -8.39. The van der Waals surface area contributed by atoms with E-state index in [-0.39, 0.29) is 18.4 Å². The minimum Gasteiger partial charge on any atom is -0.429 e. The van der Waals surface area contributed by atoms with Gasteiger partial charge < -0.3 is 14.8 Å². The summed E-state index contributed by atoms with van der Waals surface area (Å²) in [5, 5.41) is 3.33. The fourth-order valence-corrected chi connectivity index (χ4v) is 7.22. The average molecular weight is 691 g/mol. The van der Waals surface area contributed by atoms with Gasteiger partial charge in [0.1, 0.15) is 34.6 Å². The Morgan fingerprint density at radius 1 is 0.896 bits per heavy atom. The minimum atomic E-state index is -5.24. The highest BCUT2D eigenvalue weighted by Gasteiger charge is 2.47. The molecule has 13 heteroatoms. The second-order valence-electron chi connectivity index (χ2n) is 13.0. The molecule has 0 saturated heterocycles. The van der Waals surface area contributed by atoms with Gasteiger partial charge >= 0.3 is 12.5 Å². The number of allylic oxidation sites excluding steroid dienone is 3. The normalized spacial score (nSPS) is 27.0. The van der Waals surface area contributed by atoms with Gasteiger partial charge in [-0.15, -0.1) is 13.2 Å². The first-order valence-corrected chi connectivity index (χ1v) is 16.5. The van der Waals surface area contributed by atoms with Crippen LogP contribution in [0.2, 0.25) is 0 Å². The van der Waals surface area contributed by atoms with Crippen LogP contribution in [0.5, 0.6) is 11.5 Å². The first-order chi connectivity index (χ1) is 22.7. The smallest absolute Gasteiger partial charge is 0.429 e. The Labute approximate surface area is 273 Å². The average Bonchev–Trinajstić information content (AvgIpc) is 3.01. The Hall–Kier alpha value is -3.38. The number of halogens is 9. The summed E-state index contributed by atoms with van der Waals surface area (Å²) in [6.07, 6.45) is 3.75. The maximum absolute atomic E-state index is 15.4. The number of nitrogens with zero attached hydrogens (tertiary/aromatic N) is 1. The predicted molar refractivity (Wildman–Crippen MR) is 163 cm³/mol. The highest BCUT2D eigenvalue weighted by atomic mass is 19.4. The number of amidine groups is 1. The molecule has 1 fully saturated rings. The molecule has 3 atom stereocenters. The fourth-order valence-electron chi connectivity index (χ4n) is 7.22. The zero-order valence-corrected chi connectivity index (χ0v) is 26.5. The predicted octanol–water partition coefficient (Wildman–Crippen LogP) is 10.9. The molecule has 1 aromatic carbocycles. The Morgan fingerprint density at radius 2 is 1.65 bits per heavy atom. The van der Waals surface area contributed by atoms with Crippen molar-refractivity contribution in [3.63, 3.8) is 0 Å². The van der Waals surface area contributed by atoms with Gasteiger partial charge in [0.15, 0.2) is 11.6 Å². The van der Waals surface area contributed by atoms with Crippen LogP contribution in [0.15, 0.2) is 70.2 Å². The number of benzene rings is 1. The summed E-state index contributed by atoms with van der Waals surface area (Å²) >= 11 is 0. The lowest BCUT2D eigenvalue weighted by Crippen LogP contribution is -2.37. The molecule has 48 heavy (non-hydrogen) atoms. The molecule has 3 aliphatic carbocycles. The summed E-state index contributed by atoms with van der Waals surface area (Å²) in [5.41, 5.74) is -0.510. The number of rotatable bonds is 11. The van der Waals surface area contributed by atoms with Crippen molar-refractivity contribution in [2.75, 3.05) is 6.54 Å². The topological polar surface area (TPSA) is 42.9 Å². The first kappa shape index (κ1) is 35.9. The lowest BCUT2D eigenvalue weighted by molar-refractivity contribution is -0.275. The molecule has 1 aliphatic heterocycles. The maximum atomic E-state index is 15.4. The van der Waals surface area contributed by atoms with Crippen LogP contribution in [0, 0.1) is 35.4 Å². The standard InChI is InChI=1S/C35H39F9N2O2/c1-2-3-4-5-20-6-8-21(9-7-20)24-18-45-33(46-19-24)22-10-12-26(27(36)14-22)23-15-29(38)32(30(39)16-23)34(40,41)47-25-11-13-31(28(37)17-25)48-35(42,43)44/h11,13-15,17-18,20-23,26H,2-10,12,16,19H2,1H3,(H,45,46)/t20?,21?,22-,23+,26-/m1/s1. The van der Waals surface area contributed by atoms with Crippen molar-refractivity contribution in [3.8, 4) is 11.5 Å². The molecule has 5 rings (SSSR count). The van der Waals surface area contributed by atoms with E-state index in [1.165, 1.54) is 50.2 Å². The second kappa shape index (κ2) is 15.0. The van der Waals surface area contributed by atoms with Crippen LogP contribution in [-0.4, -0.2) is 24.9 Å². The van der Waals surface area contributed by atoms with Gasteiger partial charge in [0.25, 0.3) is 0 Å². The molecule has 0 spiro atoms.